The fourth-order valence-corrected chi connectivity index (χ4v) is 5.16. The highest BCUT2D eigenvalue weighted by atomic mass is 16.7. The molecular formula is C35H44O6. The van der Waals surface area contributed by atoms with Crippen LogP contribution in [0.5, 0.6) is 11.5 Å². The maximum absolute atomic E-state index is 8.00. The van der Waals surface area contributed by atoms with Gasteiger partial charge in [-0.05, 0) is 93.1 Å². The third kappa shape index (κ3) is 6.57. The topological polar surface area (TPSA) is 63.2 Å². The van der Waals surface area contributed by atoms with Crippen LogP contribution in [-0.4, -0.2) is 32.2 Å². The molecule has 220 valence electrons. The molecule has 0 saturated carbocycles. The van der Waals surface area contributed by atoms with Crippen molar-refractivity contribution in [2.24, 2.45) is 11.8 Å². The average Bonchev–Trinajstić information content (AvgIpc) is 2.98. The first-order valence-electron chi connectivity index (χ1n) is 14.5. The number of benzene rings is 3. The number of hydrogen-bond acceptors (Lipinski definition) is 6. The first kappa shape index (κ1) is 30.9. The number of hydrogen-bond donors (Lipinski definition) is 0. The van der Waals surface area contributed by atoms with Gasteiger partial charge in [0, 0.05) is 23.0 Å². The van der Waals surface area contributed by atoms with Crippen LogP contribution < -0.4 is 4.74 Å². The normalized spacial score (nSPS) is 26.1. The second-order valence-electron chi connectivity index (χ2n) is 11.5. The third-order valence-electron chi connectivity index (χ3n) is 8.78. The van der Waals surface area contributed by atoms with Crippen LogP contribution in [0.15, 0.2) is 48.5 Å². The van der Waals surface area contributed by atoms with Gasteiger partial charge in [0.25, 0.3) is 0 Å². The average molecular weight is 561 g/mol. The van der Waals surface area contributed by atoms with Gasteiger partial charge in [-0.2, -0.15) is 0 Å². The van der Waals surface area contributed by atoms with E-state index in [9.17, 15) is 0 Å². The lowest BCUT2D eigenvalue weighted by atomic mass is 9.95. The lowest BCUT2D eigenvalue weighted by molar-refractivity contribution is -0.233. The fraction of sp³-hybridized carbons (Fsp3) is 0.457. The quantitative estimate of drug-likeness (QED) is 0.313. The van der Waals surface area contributed by atoms with Gasteiger partial charge in [0.15, 0.2) is 12.6 Å². The molecule has 5 rings (SSSR count). The fourth-order valence-electron chi connectivity index (χ4n) is 5.16. The number of ether oxygens (including phenoxy) is 5. The van der Waals surface area contributed by atoms with Gasteiger partial charge in [-0.15, -0.1) is 0 Å². The van der Waals surface area contributed by atoms with Crippen molar-refractivity contribution in [3.05, 3.63) is 81.9 Å². The van der Waals surface area contributed by atoms with Crippen molar-refractivity contribution in [1.29, 1.82) is 0 Å². The van der Waals surface area contributed by atoms with Gasteiger partial charge in [0.05, 0.1) is 25.4 Å². The zero-order chi connectivity index (χ0) is 29.8. The molecule has 3 aromatic carbocycles. The van der Waals surface area contributed by atoms with E-state index in [1.165, 1.54) is 11.1 Å². The first-order chi connectivity index (χ1) is 19.6. The minimum Gasteiger partial charge on any atom is -0.457 e. The molecule has 2 fully saturated rings. The van der Waals surface area contributed by atoms with Crippen LogP contribution in [0.1, 0.15) is 73.7 Å². The molecule has 0 bridgehead atoms. The van der Waals surface area contributed by atoms with Crippen LogP contribution in [0.3, 0.4) is 0 Å². The summed E-state index contributed by atoms with van der Waals surface area (Å²) in [5, 5.41) is 0. The van der Waals surface area contributed by atoms with Gasteiger partial charge in [0.2, 0.25) is 0 Å². The summed E-state index contributed by atoms with van der Waals surface area (Å²) < 4.78 is 30.6. The molecule has 6 nitrogen and oxygen atoms in total. The molecule has 3 aromatic rings. The largest absolute Gasteiger partial charge is 0.457 e. The third-order valence-corrected chi connectivity index (χ3v) is 8.78. The Labute approximate surface area is 244 Å². The summed E-state index contributed by atoms with van der Waals surface area (Å²) in [4.78, 5) is 8.00. The molecule has 2 saturated heterocycles. The Hall–Kier alpha value is -3.03. The van der Waals surface area contributed by atoms with E-state index in [0.29, 0.717) is 18.4 Å². The van der Waals surface area contributed by atoms with Gasteiger partial charge in [-0.3, -0.25) is 0 Å². The Kier molecular flexibility index (Phi) is 10.0. The number of carbonyl (C=O) groups is 1. The van der Waals surface area contributed by atoms with Crippen LogP contribution in [0.4, 0.5) is 0 Å². The molecule has 0 aromatic heterocycles. The van der Waals surface area contributed by atoms with E-state index >= 15 is 0 Å². The predicted molar refractivity (Wildman–Crippen MR) is 161 cm³/mol. The monoisotopic (exact) mass is 560 g/mol. The highest BCUT2D eigenvalue weighted by Gasteiger charge is 2.29. The van der Waals surface area contributed by atoms with E-state index in [4.69, 9.17) is 28.5 Å². The van der Waals surface area contributed by atoms with Crippen molar-refractivity contribution in [3.8, 4) is 22.6 Å². The van der Waals surface area contributed by atoms with Gasteiger partial charge in [0.1, 0.15) is 18.3 Å². The molecule has 2 heterocycles. The molecule has 0 spiro atoms. The minimum absolute atomic E-state index is 0.168. The van der Waals surface area contributed by atoms with Crippen molar-refractivity contribution in [2.75, 3.05) is 13.2 Å². The van der Waals surface area contributed by atoms with E-state index in [2.05, 4.69) is 97.9 Å². The van der Waals surface area contributed by atoms with E-state index in [0.717, 1.165) is 51.5 Å². The SMILES string of the molecule is C=O.Cc1c(Oc2ccc(C3OCC(C)C(C)O3)c(C)c2C)ccc(-c2ccc(C3OCC(C)C(C)O3)cc2)c1C. The Morgan fingerprint density at radius 1 is 0.634 bits per heavy atom. The van der Waals surface area contributed by atoms with Gasteiger partial charge in [-0.25, -0.2) is 0 Å². The highest BCUT2D eigenvalue weighted by molar-refractivity contribution is 5.70. The maximum Gasteiger partial charge on any atom is 0.184 e. The second kappa shape index (κ2) is 13.3. The zero-order valence-electron chi connectivity index (χ0n) is 25.7. The Morgan fingerprint density at radius 3 is 1.73 bits per heavy atom. The molecule has 2 aliphatic rings. The molecule has 41 heavy (non-hydrogen) atoms. The number of rotatable bonds is 5. The zero-order valence-corrected chi connectivity index (χ0v) is 25.7. The van der Waals surface area contributed by atoms with Gasteiger partial charge >= 0.3 is 0 Å². The Bertz CT molecular complexity index is 1330. The van der Waals surface area contributed by atoms with Crippen LogP contribution in [0.2, 0.25) is 0 Å². The smallest absolute Gasteiger partial charge is 0.184 e. The molecule has 0 aliphatic carbocycles. The van der Waals surface area contributed by atoms with Crippen molar-refractivity contribution in [3.63, 3.8) is 0 Å². The van der Waals surface area contributed by atoms with Crippen LogP contribution in [-0.2, 0) is 23.7 Å². The van der Waals surface area contributed by atoms with E-state index in [1.54, 1.807) is 0 Å². The maximum atomic E-state index is 8.00. The van der Waals surface area contributed by atoms with Gasteiger partial charge < -0.3 is 28.5 Å². The van der Waals surface area contributed by atoms with E-state index in [1.807, 2.05) is 12.9 Å². The molecule has 0 amide bonds. The van der Waals surface area contributed by atoms with Crippen molar-refractivity contribution >= 4 is 6.79 Å². The lowest BCUT2D eigenvalue weighted by Crippen LogP contribution is -2.32. The summed E-state index contributed by atoms with van der Waals surface area (Å²) in [6.45, 7) is 20.5. The van der Waals surface area contributed by atoms with Crippen molar-refractivity contribution in [2.45, 2.75) is 80.2 Å². The lowest BCUT2D eigenvalue weighted by Gasteiger charge is -2.34. The summed E-state index contributed by atoms with van der Waals surface area (Å²) in [6.07, 6.45) is -0.279. The molecule has 6 atom stereocenters. The minimum atomic E-state index is -0.332. The van der Waals surface area contributed by atoms with Crippen LogP contribution >= 0.6 is 0 Å². The molecule has 0 radical (unpaired) electrons. The second-order valence-corrected chi connectivity index (χ2v) is 11.5. The van der Waals surface area contributed by atoms with E-state index in [-0.39, 0.29) is 24.8 Å². The van der Waals surface area contributed by atoms with Crippen LogP contribution in [0.25, 0.3) is 11.1 Å². The molecule has 0 N–H and O–H groups in total. The predicted octanol–water partition coefficient (Wildman–Crippen LogP) is 8.33. The molecular weight excluding hydrogens is 516 g/mol. The summed E-state index contributed by atoms with van der Waals surface area (Å²) in [6, 6.07) is 16.8. The summed E-state index contributed by atoms with van der Waals surface area (Å²) >= 11 is 0. The highest BCUT2D eigenvalue weighted by Crippen LogP contribution is 2.39. The van der Waals surface area contributed by atoms with Crippen molar-refractivity contribution in [1.82, 2.24) is 0 Å². The summed E-state index contributed by atoms with van der Waals surface area (Å²) in [5.74, 6) is 2.52. The standard InChI is InChI=1S/C34H42O5.CH2O/c1-19-17-35-33(37-25(19)7)28-11-9-27(10-12-28)29-13-15-31(23(5)21(29)3)39-32-16-14-30(22(4)24(32)6)34-36-18-20(2)26(8)38-34;1-2/h9-16,19-20,25-26,33-34H,17-18H2,1-8H3;1H2. The van der Waals surface area contributed by atoms with Gasteiger partial charge in [-0.1, -0.05) is 44.2 Å². The summed E-state index contributed by atoms with van der Waals surface area (Å²) in [5.41, 5.74) is 9.03. The molecule has 2 aliphatic heterocycles. The Morgan fingerprint density at radius 2 is 1.15 bits per heavy atom. The Balaban J connectivity index is 0.00000189. The van der Waals surface area contributed by atoms with E-state index < -0.39 is 0 Å². The number of carbonyl (C=O) groups excluding carboxylic acids is 1. The first-order valence-corrected chi connectivity index (χ1v) is 14.5. The molecule has 6 unspecified atom stereocenters. The van der Waals surface area contributed by atoms with Crippen molar-refractivity contribution < 1.29 is 28.5 Å². The summed E-state index contributed by atoms with van der Waals surface area (Å²) in [7, 11) is 0. The van der Waals surface area contributed by atoms with Crippen LogP contribution in [0, 0.1) is 39.5 Å². The molecule has 6 heteroatoms.